The highest BCUT2D eigenvalue weighted by Crippen LogP contribution is 2.29. The van der Waals surface area contributed by atoms with Crippen LogP contribution in [0.4, 0.5) is 8.78 Å². The van der Waals surface area contributed by atoms with Gasteiger partial charge in [-0.05, 0) is 37.6 Å². The van der Waals surface area contributed by atoms with Crippen molar-refractivity contribution in [2.24, 2.45) is 5.41 Å². The zero-order valence-electron chi connectivity index (χ0n) is 19.7. The van der Waals surface area contributed by atoms with Gasteiger partial charge in [-0.15, -0.1) is 0 Å². The van der Waals surface area contributed by atoms with E-state index in [0.717, 1.165) is 12.1 Å². The third-order valence-electron chi connectivity index (χ3n) is 5.89. The number of halogens is 2. The molecule has 32 heavy (non-hydrogen) atoms. The van der Waals surface area contributed by atoms with Gasteiger partial charge in [0.25, 0.3) is 5.91 Å². The predicted octanol–water partition coefficient (Wildman–Crippen LogP) is 2.89. The number of likely N-dealkylation sites (N-methyl/N-ethyl adjacent to an activating group) is 2. The van der Waals surface area contributed by atoms with E-state index < -0.39 is 29.0 Å². The molecule has 1 aliphatic heterocycles. The van der Waals surface area contributed by atoms with Gasteiger partial charge in [-0.25, -0.2) is 13.8 Å². The minimum absolute atomic E-state index is 0.161. The topological polar surface area (TPSA) is 70.5 Å². The van der Waals surface area contributed by atoms with Crippen LogP contribution in [0, 0.1) is 17.0 Å². The third kappa shape index (κ3) is 4.53. The van der Waals surface area contributed by atoms with Gasteiger partial charge < -0.3 is 14.8 Å². The fraction of sp³-hybridized carbons (Fsp3) is 0.522. The molecule has 174 valence electrons. The summed E-state index contributed by atoms with van der Waals surface area (Å²) in [6.07, 6.45) is 0. The maximum Gasteiger partial charge on any atom is 0.272 e. The normalized spacial score (nSPS) is 17.6. The number of imidazole rings is 1. The molecule has 1 aromatic carbocycles. The summed E-state index contributed by atoms with van der Waals surface area (Å²) < 4.78 is 29.3. The highest BCUT2D eigenvalue weighted by atomic mass is 19.2. The molecule has 2 amide bonds. The minimum atomic E-state index is -0.976. The van der Waals surface area contributed by atoms with Crippen molar-refractivity contribution in [2.45, 2.75) is 52.9 Å². The van der Waals surface area contributed by atoms with Crippen molar-refractivity contribution in [1.29, 1.82) is 0 Å². The Bertz CT molecular complexity index is 1040. The Morgan fingerprint density at radius 1 is 1.22 bits per heavy atom. The second-order valence-corrected chi connectivity index (χ2v) is 9.74. The second kappa shape index (κ2) is 8.61. The van der Waals surface area contributed by atoms with Gasteiger partial charge in [0.15, 0.2) is 17.3 Å². The Morgan fingerprint density at radius 2 is 1.88 bits per heavy atom. The molecule has 7 nitrogen and oxygen atoms in total. The molecule has 9 heteroatoms. The zero-order valence-corrected chi connectivity index (χ0v) is 19.7. The second-order valence-electron chi connectivity index (χ2n) is 9.74. The first-order chi connectivity index (χ1) is 14.8. The van der Waals surface area contributed by atoms with E-state index >= 15 is 0 Å². The zero-order chi connectivity index (χ0) is 24.0. The van der Waals surface area contributed by atoms with Gasteiger partial charge in [-0.1, -0.05) is 20.8 Å². The maximum atomic E-state index is 13.9. The number of hydrogen-bond donors (Lipinski definition) is 1. The first-order valence-corrected chi connectivity index (χ1v) is 10.6. The standard InChI is InChI=1S/C23H31F2N5O2/c1-13-11-30-17(12-29(13)7)18(26-20(30)14-8-9-15(24)16(25)10-14)21(31)27-19(23(2,3)4)22(32)28(5)6/h8-10,13,19H,11-12H2,1-7H3,(H,27,31)/t13?,19-/m1/s1. The van der Waals surface area contributed by atoms with E-state index in [1.54, 1.807) is 14.1 Å². The van der Waals surface area contributed by atoms with Gasteiger partial charge in [0.1, 0.15) is 11.9 Å². The monoisotopic (exact) mass is 447 g/mol. The summed E-state index contributed by atoms with van der Waals surface area (Å²) >= 11 is 0. The molecule has 1 unspecified atom stereocenters. The molecular weight excluding hydrogens is 416 g/mol. The average molecular weight is 448 g/mol. The van der Waals surface area contributed by atoms with Crippen LogP contribution in [0.3, 0.4) is 0 Å². The number of benzene rings is 1. The fourth-order valence-corrected chi connectivity index (χ4v) is 3.78. The van der Waals surface area contributed by atoms with Crippen molar-refractivity contribution in [1.82, 2.24) is 24.7 Å². The molecule has 0 spiro atoms. The largest absolute Gasteiger partial charge is 0.347 e. The van der Waals surface area contributed by atoms with Crippen LogP contribution in [0.15, 0.2) is 18.2 Å². The molecule has 0 bridgehead atoms. The Kier molecular flexibility index (Phi) is 6.42. The Morgan fingerprint density at radius 3 is 2.44 bits per heavy atom. The summed E-state index contributed by atoms with van der Waals surface area (Å²) in [5.74, 6) is -2.21. The molecule has 1 aliphatic rings. The van der Waals surface area contributed by atoms with Gasteiger partial charge >= 0.3 is 0 Å². The van der Waals surface area contributed by atoms with Crippen molar-refractivity contribution in [2.75, 3.05) is 21.1 Å². The lowest BCUT2D eigenvalue weighted by Gasteiger charge is -2.33. The van der Waals surface area contributed by atoms with Crippen LogP contribution < -0.4 is 5.32 Å². The predicted molar refractivity (Wildman–Crippen MR) is 118 cm³/mol. The highest BCUT2D eigenvalue weighted by Gasteiger charge is 2.36. The van der Waals surface area contributed by atoms with Gasteiger partial charge in [-0.2, -0.15) is 0 Å². The lowest BCUT2D eigenvalue weighted by atomic mass is 9.85. The Hall–Kier alpha value is -2.81. The lowest BCUT2D eigenvalue weighted by molar-refractivity contribution is -0.133. The summed E-state index contributed by atoms with van der Waals surface area (Å²) in [4.78, 5) is 34.2. The van der Waals surface area contributed by atoms with E-state index in [2.05, 4.69) is 15.2 Å². The molecule has 0 radical (unpaired) electrons. The van der Waals surface area contributed by atoms with Crippen LogP contribution in [-0.4, -0.2) is 64.4 Å². The van der Waals surface area contributed by atoms with E-state index in [9.17, 15) is 18.4 Å². The number of nitrogens with zero attached hydrogens (tertiary/aromatic N) is 4. The Labute approximate surface area is 187 Å². The van der Waals surface area contributed by atoms with E-state index in [1.165, 1.54) is 11.0 Å². The van der Waals surface area contributed by atoms with Gasteiger partial charge in [-0.3, -0.25) is 14.5 Å². The van der Waals surface area contributed by atoms with Gasteiger partial charge in [0.2, 0.25) is 5.91 Å². The van der Waals surface area contributed by atoms with Crippen LogP contribution in [-0.2, 0) is 17.9 Å². The molecule has 0 saturated carbocycles. The quantitative estimate of drug-likeness (QED) is 0.783. The number of aromatic nitrogens is 2. The highest BCUT2D eigenvalue weighted by molar-refractivity contribution is 5.97. The Balaban J connectivity index is 2.07. The van der Waals surface area contributed by atoms with Crippen LogP contribution >= 0.6 is 0 Å². The smallest absolute Gasteiger partial charge is 0.272 e. The van der Waals surface area contributed by atoms with Crippen LogP contribution in [0.2, 0.25) is 0 Å². The number of hydrogen-bond acceptors (Lipinski definition) is 4. The molecule has 0 fully saturated rings. The number of rotatable bonds is 4. The summed E-state index contributed by atoms with van der Waals surface area (Å²) in [5.41, 5.74) is 0.722. The molecule has 1 aromatic heterocycles. The number of nitrogens with one attached hydrogen (secondary N) is 1. The first kappa shape index (κ1) is 23.8. The van der Waals surface area contributed by atoms with Gasteiger partial charge in [0, 0.05) is 38.8 Å². The number of carbonyl (C=O) groups excluding carboxylic acids is 2. The van der Waals surface area contributed by atoms with Crippen molar-refractivity contribution < 1.29 is 18.4 Å². The number of carbonyl (C=O) groups is 2. The summed E-state index contributed by atoms with van der Waals surface area (Å²) in [6.45, 7) is 8.68. The molecule has 0 saturated heterocycles. The van der Waals surface area contributed by atoms with Crippen LogP contribution in [0.5, 0.6) is 0 Å². The van der Waals surface area contributed by atoms with Crippen molar-refractivity contribution in [3.05, 3.63) is 41.2 Å². The molecule has 2 heterocycles. The first-order valence-electron chi connectivity index (χ1n) is 10.6. The van der Waals surface area contributed by atoms with E-state index in [0.29, 0.717) is 30.2 Å². The van der Waals surface area contributed by atoms with E-state index in [1.807, 2.05) is 39.3 Å². The summed E-state index contributed by atoms with van der Waals surface area (Å²) in [6, 6.07) is 2.99. The lowest BCUT2D eigenvalue weighted by Crippen LogP contribution is -2.53. The molecule has 1 N–H and O–H groups in total. The molecule has 2 aromatic rings. The fourth-order valence-electron chi connectivity index (χ4n) is 3.78. The van der Waals surface area contributed by atoms with E-state index in [4.69, 9.17) is 0 Å². The molecule has 2 atom stereocenters. The van der Waals surface area contributed by atoms with Crippen molar-refractivity contribution >= 4 is 11.8 Å². The summed E-state index contributed by atoms with van der Waals surface area (Å²) in [5, 5.41) is 2.86. The van der Waals surface area contributed by atoms with Gasteiger partial charge in [0.05, 0.1) is 5.69 Å². The van der Waals surface area contributed by atoms with Crippen LogP contribution in [0.25, 0.3) is 11.4 Å². The van der Waals surface area contributed by atoms with Crippen molar-refractivity contribution in [3.63, 3.8) is 0 Å². The molecule has 0 aliphatic carbocycles. The minimum Gasteiger partial charge on any atom is -0.347 e. The molecule has 3 rings (SSSR count). The van der Waals surface area contributed by atoms with Crippen molar-refractivity contribution in [3.8, 4) is 11.4 Å². The maximum absolute atomic E-state index is 13.9. The van der Waals surface area contributed by atoms with E-state index in [-0.39, 0.29) is 17.6 Å². The average Bonchev–Trinajstić information content (AvgIpc) is 3.05. The summed E-state index contributed by atoms with van der Waals surface area (Å²) in [7, 11) is 5.24. The SMILES string of the molecule is CC1Cn2c(-c3ccc(F)c(F)c3)nc(C(=O)N[C@H](C(=O)N(C)C)C(C)(C)C)c2CN1C. The number of fused-ring (bicyclic) bond motifs is 1. The van der Waals surface area contributed by atoms with Crippen LogP contribution in [0.1, 0.15) is 43.9 Å². The molecular formula is C23H31F2N5O2. The third-order valence-corrected chi connectivity index (χ3v) is 5.89. The number of amides is 2.